The predicted molar refractivity (Wildman–Crippen MR) is 84.9 cm³/mol. The number of nitriles is 1. The van der Waals surface area contributed by atoms with E-state index < -0.39 is 0 Å². The summed E-state index contributed by atoms with van der Waals surface area (Å²) in [5, 5.41) is 11.8. The molecule has 1 rings (SSSR count). The van der Waals surface area contributed by atoms with Gasteiger partial charge in [0.25, 0.3) is 5.91 Å². The van der Waals surface area contributed by atoms with Gasteiger partial charge in [-0.15, -0.1) is 0 Å². The lowest BCUT2D eigenvalue weighted by Crippen LogP contribution is -2.36. The molecule has 1 unspecified atom stereocenters. The van der Waals surface area contributed by atoms with Crippen molar-refractivity contribution in [2.75, 3.05) is 13.7 Å². The van der Waals surface area contributed by atoms with Crippen LogP contribution >= 0.6 is 0 Å². The number of ether oxygens (including phenoxy) is 2. The molecule has 1 atom stereocenters. The summed E-state index contributed by atoms with van der Waals surface area (Å²) in [6, 6.07) is 6.99. The third-order valence-corrected chi connectivity index (χ3v) is 3.24. The van der Waals surface area contributed by atoms with Crippen LogP contribution in [0.25, 0.3) is 0 Å². The second-order valence-electron chi connectivity index (χ2n) is 5.71. The summed E-state index contributed by atoms with van der Waals surface area (Å²) in [6.45, 7) is 6.24. The molecule has 120 valence electrons. The Balaban J connectivity index is 2.49. The summed E-state index contributed by atoms with van der Waals surface area (Å²) >= 11 is 0. The van der Waals surface area contributed by atoms with Crippen molar-refractivity contribution in [3.05, 3.63) is 23.8 Å². The highest BCUT2D eigenvalue weighted by Crippen LogP contribution is 2.27. The lowest BCUT2D eigenvalue weighted by Gasteiger charge is -2.16. The molecule has 0 bridgehead atoms. The highest BCUT2D eigenvalue weighted by molar-refractivity contribution is 5.77. The van der Waals surface area contributed by atoms with Crippen LogP contribution in [0.4, 0.5) is 0 Å². The fourth-order valence-electron chi connectivity index (χ4n) is 1.97. The molecule has 0 fully saturated rings. The Hall–Kier alpha value is -2.22. The van der Waals surface area contributed by atoms with Crippen LogP contribution in [-0.2, 0) is 4.79 Å². The Labute approximate surface area is 132 Å². The molecule has 5 nitrogen and oxygen atoms in total. The van der Waals surface area contributed by atoms with Crippen LogP contribution in [0.1, 0.15) is 39.2 Å². The molecule has 0 aliphatic carbocycles. The zero-order valence-electron chi connectivity index (χ0n) is 13.7. The van der Waals surface area contributed by atoms with Crippen molar-refractivity contribution in [3.8, 4) is 17.6 Å². The molecule has 0 radical (unpaired) electrons. The molecule has 0 saturated carbocycles. The summed E-state index contributed by atoms with van der Waals surface area (Å²) in [4.78, 5) is 11.9. The fraction of sp³-hybridized carbons (Fsp3) is 0.529. The Kier molecular flexibility index (Phi) is 7.24. The first-order chi connectivity index (χ1) is 10.5. The summed E-state index contributed by atoms with van der Waals surface area (Å²) < 4.78 is 10.6. The molecule has 1 aromatic rings. The first-order valence-electron chi connectivity index (χ1n) is 7.46. The number of benzene rings is 1. The van der Waals surface area contributed by atoms with E-state index in [0.29, 0.717) is 23.0 Å². The maximum absolute atomic E-state index is 11.9. The average Bonchev–Trinajstić information content (AvgIpc) is 2.50. The lowest BCUT2D eigenvalue weighted by atomic mass is 10.0. The van der Waals surface area contributed by atoms with E-state index in [2.05, 4.69) is 19.2 Å². The number of hydrogen-bond acceptors (Lipinski definition) is 4. The number of carbonyl (C=O) groups is 1. The van der Waals surface area contributed by atoms with E-state index in [4.69, 9.17) is 14.7 Å². The van der Waals surface area contributed by atoms with Gasteiger partial charge in [0, 0.05) is 12.1 Å². The number of carbonyl (C=O) groups excluding carboxylic acids is 1. The van der Waals surface area contributed by atoms with Gasteiger partial charge in [0.2, 0.25) is 0 Å². The minimum atomic E-state index is -0.164. The third kappa shape index (κ3) is 6.04. The van der Waals surface area contributed by atoms with E-state index in [1.165, 1.54) is 7.11 Å². The van der Waals surface area contributed by atoms with Crippen LogP contribution in [0.3, 0.4) is 0 Å². The van der Waals surface area contributed by atoms with Crippen molar-refractivity contribution in [2.24, 2.45) is 5.92 Å². The number of hydrogen-bond donors (Lipinski definition) is 1. The monoisotopic (exact) mass is 304 g/mol. The molecule has 1 aromatic carbocycles. The quantitative estimate of drug-likeness (QED) is 0.801. The fourth-order valence-corrected chi connectivity index (χ4v) is 1.97. The zero-order valence-corrected chi connectivity index (χ0v) is 13.7. The molecule has 0 heterocycles. The average molecular weight is 304 g/mol. The standard InChI is InChI=1S/C17H24N2O3/c1-12(2)5-6-13(3)19-17(20)11-22-15-8-7-14(10-18)9-16(15)21-4/h7-9,12-13H,5-6,11H2,1-4H3,(H,19,20). The predicted octanol–water partition coefficient (Wildman–Crippen LogP) is 2.89. The highest BCUT2D eigenvalue weighted by atomic mass is 16.5. The van der Waals surface area contributed by atoms with Crippen LogP contribution < -0.4 is 14.8 Å². The highest BCUT2D eigenvalue weighted by Gasteiger charge is 2.11. The van der Waals surface area contributed by atoms with Crippen molar-refractivity contribution in [2.45, 2.75) is 39.7 Å². The molecular weight excluding hydrogens is 280 g/mol. The Morgan fingerprint density at radius 1 is 1.27 bits per heavy atom. The van der Waals surface area contributed by atoms with Gasteiger partial charge < -0.3 is 14.8 Å². The van der Waals surface area contributed by atoms with Crippen LogP contribution in [0.2, 0.25) is 0 Å². The normalized spacial score (nSPS) is 11.6. The second-order valence-corrected chi connectivity index (χ2v) is 5.71. The number of nitrogens with zero attached hydrogens (tertiary/aromatic N) is 1. The second kappa shape index (κ2) is 8.93. The van der Waals surface area contributed by atoms with Crippen molar-refractivity contribution in [1.82, 2.24) is 5.32 Å². The van der Waals surface area contributed by atoms with Crippen LogP contribution in [0, 0.1) is 17.2 Å². The summed E-state index contributed by atoms with van der Waals surface area (Å²) in [7, 11) is 1.50. The van der Waals surface area contributed by atoms with Crippen LogP contribution in [-0.4, -0.2) is 25.7 Å². The molecule has 22 heavy (non-hydrogen) atoms. The van der Waals surface area contributed by atoms with Gasteiger partial charge in [-0.1, -0.05) is 13.8 Å². The summed E-state index contributed by atoms with van der Waals surface area (Å²) in [6.07, 6.45) is 2.02. The van der Waals surface area contributed by atoms with Gasteiger partial charge in [-0.3, -0.25) is 4.79 Å². The van der Waals surface area contributed by atoms with E-state index in [-0.39, 0.29) is 18.6 Å². The van der Waals surface area contributed by atoms with E-state index >= 15 is 0 Å². The topological polar surface area (TPSA) is 71.3 Å². The minimum absolute atomic E-state index is 0.0751. The molecule has 0 aromatic heterocycles. The largest absolute Gasteiger partial charge is 0.493 e. The van der Waals surface area contributed by atoms with Gasteiger partial charge in [-0.25, -0.2) is 0 Å². The van der Waals surface area contributed by atoms with Crippen molar-refractivity contribution < 1.29 is 14.3 Å². The smallest absolute Gasteiger partial charge is 0.258 e. The minimum Gasteiger partial charge on any atom is -0.493 e. The molecule has 1 amide bonds. The molecule has 5 heteroatoms. The molecule has 0 aliphatic heterocycles. The maximum Gasteiger partial charge on any atom is 0.258 e. The third-order valence-electron chi connectivity index (χ3n) is 3.24. The number of methoxy groups -OCH3 is 1. The SMILES string of the molecule is COc1cc(C#N)ccc1OCC(=O)NC(C)CCC(C)C. The van der Waals surface area contributed by atoms with Crippen molar-refractivity contribution >= 4 is 5.91 Å². The van der Waals surface area contributed by atoms with Gasteiger partial charge in [0.1, 0.15) is 0 Å². The lowest BCUT2D eigenvalue weighted by molar-refractivity contribution is -0.123. The van der Waals surface area contributed by atoms with Crippen LogP contribution in [0.15, 0.2) is 18.2 Å². The molecular formula is C17H24N2O3. The first-order valence-corrected chi connectivity index (χ1v) is 7.46. The van der Waals surface area contributed by atoms with Gasteiger partial charge in [-0.2, -0.15) is 5.26 Å². The summed E-state index contributed by atoms with van der Waals surface area (Å²) in [5.41, 5.74) is 0.482. The molecule has 0 spiro atoms. The van der Waals surface area contributed by atoms with Crippen molar-refractivity contribution in [1.29, 1.82) is 5.26 Å². The van der Waals surface area contributed by atoms with E-state index in [1.54, 1.807) is 18.2 Å². The molecule has 1 N–H and O–H groups in total. The first kappa shape index (κ1) is 17.8. The summed E-state index contributed by atoms with van der Waals surface area (Å²) in [5.74, 6) is 1.35. The molecule has 0 saturated heterocycles. The number of nitrogens with one attached hydrogen (secondary N) is 1. The van der Waals surface area contributed by atoms with Gasteiger partial charge in [0.05, 0.1) is 18.7 Å². The van der Waals surface area contributed by atoms with Gasteiger partial charge in [0.15, 0.2) is 18.1 Å². The number of amides is 1. The van der Waals surface area contributed by atoms with Gasteiger partial charge in [-0.05, 0) is 37.8 Å². The van der Waals surface area contributed by atoms with E-state index in [9.17, 15) is 4.79 Å². The Bertz CT molecular complexity index is 535. The van der Waals surface area contributed by atoms with E-state index in [1.807, 2.05) is 13.0 Å². The maximum atomic E-state index is 11.9. The van der Waals surface area contributed by atoms with E-state index in [0.717, 1.165) is 12.8 Å². The number of rotatable bonds is 8. The van der Waals surface area contributed by atoms with Crippen LogP contribution in [0.5, 0.6) is 11.5 Å². The Morgan fingerprint density at radius 3 is 2.59 bits per heavy atom. The molecule has 0 aliphatic rings. The van der Waals surface area contributed by atoms with Crippen molar-refractivity contribution in [3.63, 3.8) is 0 Å². The van der Waals surface area contributed by atoms with Gasteiger partial charge >= 0.3 is 0 Å². The zero-order chi connectivity index (χ0) is 16.5. The Morgan fingerprint density at radius 2 is 2.00 bits per heavy atom.